The van der Waals surface area contributed by atoms with E-state index in [1.807, 2.05) is 6.07 Å². The molecule has 0 aliphatic carbocycles. The molecule has 1 aromatic heterocycles. The molecule has 31 heavy (non-hydrogen) atoms. The van der Waals surface area contributed by atoms with Gasteiger partial charge in [-0.1, -0.05) is 6.07 Å². The highest BCUT2D eigenvalue weighted by Gasteiger charge is 2.29. The minimum atomic E-state index is -0.347. The lowest BCUT2D eigenvalue weighted by Gasteiger charge is -2.16. The zero-order chi connectivity index (χ0) is 21.6. The van der Waals surface area contributed by atoms with Crippen LogP contribution in [0.4, 0.5) is 8.78 Å². The van der Waals surface area contributed by atoms with E-state index in [1.54, 1.807) is 17.0 Å². The van der Waals surface area contributed by atoms with Crippen LogP contribution in [0.25, 0.3) is 0 Å². The topological polar surface area (TPSA) is 67.4 Å². The predicted octanol–water partition coefficient (Wildman–Crippen LogP) is 3.70. The Labute approximate surface area is 178 Å². The van der Waals surface area contributed by atoms with Crippen LogP contribution in [0.3, 0.4) is 0 Å². The van der Waals surface area contributed by atoms with E-state index in [0.717, 1.165) is 17.8 Å². The van der Waals surface area contributed by atoms with Crippen LogP contribution in [0.2, 0.25) is 0 Å². The highest BCUT2D eigenvalue weighted by atomic mass is 19.1. The fourth-order valence-electron chi connectivity index (χ4n) is 3.55. The summed E-state index contributed by atoms with van der Waals surface area (Å²) < 4.78 is 37.1. The van der Waals surface area contributed by atoms with E-state index in [1.165, 1.54) is 36.4 Å². The zero-order valence-electron chi connectivity index (χ0n) is 16.9. The normalized spacial score (nSPS) is 15.8. The summed E-state index contributed by atoms with van der Waals surface area (Å²) in [4.78, 5) is 14.2. The molecule has 6 nitrogen and oxygen atoms in total. The van der Waals surface area contributed by atoms with Gasteiger partial charge in [-0.05, 0) is 48.9 Å². The summed E-state index contributed by atoms with van der Waals surface area (Å²) in [5, 5.41) is 7.40. The zero-order valence-corrected chi connectivity index (χ0v) is 16.9. The first kappa shape index (κ1) is 20.8. The minimum absolute atomic E-state index is 0.0818. The van der Waals surface area contributed by atoms with Gasteiger partial charge in [-0.25, -0.2) is 8.78 Å². The lowest BCUT2D eigenvalue weighted by Crippen LogP contribution is -2.32. The average molecular weight is 427 g/mol. The quantitative estimate of drug-likeness (QED) is 0.595. The van der Waals surface area contributed by atoms with E-state index >= 15 is 0 Å². The number of hydrogen-bond donors (Lipinski definition) is 1. The molecular weight excluding hydrogens is 404 g/mol. The average Bonchev–Trinajstić information content (AvgIpc) is 3.43. The van der Waals surface area contributed by atoms with Gasteiger partial charge in [-0.2, -0.15) is 5.10 Å². The number of likely N-dealkylation sites (tertiary alicyclic amines) is 1. The lowest BCUT2D eigenvalue weighted by atomic mass is 10.0. The van der Waals surface area contributed by atoms with E-state index < -0.39 is 0 Å². The molecule has 0 bridgehead atoms. The molecule has 2 heterocycles. The minimum Gasteiger partial charge on any atom is -0.493 e. The maximum atomic E-state index is 13.2. The molecule has 1 N–H and O–H groups in total. The van der Waals surface area contributed by atoms with Gasteiger partial charge >= 0.3 is 0 Å². The van der Waals surface area contributed by atoms with Gasteiger partial charge in [0, 0.05) is 37.2 Å². The Kier molecular flexibility index (Phi) is 6.45. The van der Waals surface area contributed by atoms with Gasteiger partial charge in [0.05, 0.1) is 12.3 Å². The molecule has 0 saturated carbocycles. The van der Waals surface area contributed by atoms with E-state index in [-0.39, 0.29) is 30.1 Å². The number of carbonyl (C=O) groups excluding carboxylic acids is 1. The molecule has 8 heteroatoms. The van der Waals surface area contributed by atoms with Crippen LogP contribution in [0.1, 0.15) is 23.7 Å². The van der Waals surface area contributed by atoms with Gasteiger partial charge in [0.15, 0.2) is 6.61 Å². The van der Waals surface area contributed by atoms with Crippen molar-refractivity contribution in [1.29, 1.82) is 0 Å². The van der Waals surface area contributed by atoms with Gasteiger partial charge in [0.1, 0.15) is 23.1 Å². The predicted molar refractivity (Wildman–Crippen MR) is 110 cm³/mol. The SMILES string of the molecule is O=C(COc1ccc(F)cc1)N1CC[C@H](c2cc(CCOc3cccc(F)c3)[nH]n2)C1. The molecule has 0 radical (unpaired) electrons. The molecule has 162 valence electrons. The molecule has 1 aliphatic rings. The van der Waals surface area contributed by atoms with Crippen LogP contribution < -0.4 is 9.47 Å². The number of aromatic nitrogens is 2. The van der Waals surface area contributed by atoms with E-state index in [9.17, 15) is 13.6 Å². The number of H-pyrrole nitrogens is 1. The van der Waals surface area contributed by atoms with Gasteiger partial charge in [0.2, 0.25) is 0 Å². The van der Waals surface area contributed by atoms with Crippen LogP contribution in [0.5, 0.6) is 11.5 Å². The van der Waals surface area contributed by atoms with Gasteiger partial charge < -0.3 is 14.4 Å². The number of aromatic amines is 1. The molecule has 3 aromatic rings. The summed E-state index contributed by atoms with van der Waals surface area (Å²) >= 11 is 0. The molecule has 1 atom stereocenters. The Morgan fingerprint density at radius 3 is 2.71 bits per heavy atom. The van der Waals surface area contributed by atoms with Gasteiger partial charge in [-0.15, -0.1) is 0 Å². The number of hydrogen-bond acceptors (Lipinski definition) is 4. The maximum Gasteiger partial charge on any atom is 0.260 e. The Morgan fingerprint density at radius 2 is 1.90 bits per heavy atom. The number of nitrogens with one attached hydrogen (secondary N) is 1. The van der Waals surface area contributed by atoms with Crippen LogP contribution in [0.15, 0.2) is 54.6 Å². The Hall–Kier alpha value is -3.42. The molecule has 1 saturated heterocycles. The first-order chi connectivity index (χ1) is 15.1. The largest absolute Gasteiger partial charge is 0.493 e. The van der Waals surface area contributed by atoms with Crippen molar-refractivity contribution in [3.05, 3.63) is 77.6 Å². The van der Waals surface area contributed by atoms with Crippen molar-refractivity contribution in [3.63, 3.8) is 0 Å². The maximum absolute atomic E-state index is 13.2. The fourth-order valence-corrected chi connectivity index (χ4v) is 3.55. The summed E-state index contributed by atoms with van der Waals surface area (Å²) in [5.74, 6) is 0.329. The number of rotatable bonds is 8. The Bertz CT molecular complexity index is 1020. The van der Waals surface area contributed by atoms with Gasteiger partial charge in [-0.3, -0.25) is 9.89 Å². The number of amides is 1. The summed E-state index contributed by atoms with van der Waals surface area (Å²) in [6, 6.07) is 13.6. The number of nitrogens with zero attached hydrogens (tertiary/aromatic N) is 2. The van der Waals surface area contributed by atoms with Crippen molar-refractivity contribution in [1.82, 2.24) is 15.1 Å². The van der Waals surface area contributed by atoms with Crippen molar-refractivity contribution in [2.45, 2.75) is 18.8 Å². The molecule has 1 amide bonds. The van der Waals surface area contributed by atoms with Crippen LogP contribution >= 0.6 is 0 Å². The highest BCUT2D eigenvalue weighted by Crippen LogP contribution is 2.26. The molecular formula is C23H23F2N3O3. The molecule has 1 aliphatic heterocycles. The first-order valence-electron chi connectivity index (χ1n) is 10.2. The van der Waals surface area contributed by atoms with E-state index in [4.69, 9.17) is 9.47 Å². The second kappa shape index (κ2) is 9.59. The third-order valence-corrected chi connectivity index (χ3v) is 5.22. The van der Waals surface area contributed by atoms with Crippen molar-refractivity contribution >= 4 is 5.91 Å². The molecule has 0 unspecified atom stereocenters. The fraction of sp³-hybridized carbons (Fsp3) is 0.304. The third-order valence-electron chi connectivity index (χ3n) is 5.22. The van der Waals surface area contributed by atoms with Crippen LogP contribution in [-0.2, 0) is 11.2 Å². The summed E-state index contributed by atoms with van der Waals surface area (Å²) in [5.41, 5.74) is 1.84. The van der Waals surface area contributed by atoms with Crippen LogP contribution in [-0.4, -0.2) is 47.3 Å². The first-order valence-corrected chi connectivity index (χ1v) is 10.2. The van der Waals surface area contributed by atoms with Crippen LogP contribution in [0, 0.1) is 11.6 Å². The molecule has 1 fully saturated rings. The summed E-state index contributed by atoms with van der Waals surface area (Å²) in [6.07, 6.45) is 1.44. The van der Waals surface area contributed by atoms with Crippen molar-refractivity contribution in [2.24, 2.45) is 0 Å². The summed E-state index contributed by atoms with van der Waals surface area (Å²) in [7, 11) is 0. The number of benzene rings is 2. The number of carbonyl (C=O) groups is 1. The molecule has 4 rings (SSSR count). The monoisotopic (exact) mass is 427 g/mol. The Morgan fingerprint density at radius 1 is 1.06 bits per heavy atom. The molecule has 2 aromatic carbocycles. The molecule has 0 spiro atoms. The second-order valence-electron chi connectivity index (χ2n) is 7.44. The standard InChI is InChI=1S/C23H23F2N3O3/c24-17-4-6-20(7-5-17)31-15-23(29)28-10-8-16(14-28)22-13-19(26-27-22)9-11-30-21-3-1-2-18(25)12-21/h1-7,12-13,16H,8-11,14-15H2,(H,26,27)/t16-/m0/s1. The Balaban J connectivity index is 1.23. The second-order valence-corrected chi connectivity index (χ2v) is 7.44. The van der Waals surface area contributed by atoms with E-state index in [0.29, 0.717) is 37.6 Å². The van der Waals surface area contributed by atoms with Crippen molar-refractivity contribution in [3.8, 4) is 11.5 Å². The number of ether oxygens (including phenoxy) is 2. The summed E-state index contributed by atoms with van der Waals surface area (Å²) in [6.45, 7) is 1.54. The van der Waals surface area contributed by atoms with Crippen molar-refractivity contribution in [2.75, 3.05) is 26.3 Å². The smallest absolute Gasteiger partial charge is 0.260 e. The lowest BCUT2D eigenvalue weighted by molar-refractivity contribution is -0.132. The van der Waals surface area contributed by atoms with Crippen molar-refractivity contribution < 1.29 is 23.0 Å². The van der Waals surface area contributed by atoms with E-state index in [2.05, 4.69) is 10.2 Å². The highest BCUT2D eigenvalue weighted by molar-refractivity contribution is 5.78. The number of halogens is 2. The third kappa shape index (κ3) is 5.59. The van der Waals surface area contributed by atoms with Gasteiger partial charge in [0.25, 0.3) is 5.91 Å².